The summed E-state index contributed by atoms with van der Waals surface area (Å²) in [5, 5.41) is 0. The van der Waals surface area contributed by atoms with E-state index in [-0.39, 0.29) is 4.75 Å². The van der Waals surface area contributed by atoms with Gasteiger partial charge in [0, 0.05) is 4.75 Å². The van der Waals surface area contributed by atoms with Gasteiger partial charge in [0.15, 0.2) is 0 Å². The summed E-state index contributed by atoms with van der Waals surface area (Å²) in [7, 11) is 0. The Balaban J connectivity index is 4.86. The maximum absolute atomic E-state index is 3.43. The lowest BCUT2D eigenvalue weighted by Crippen LogP contribution is -2.23. The van der Waals surface area contributed by atoms with Crippen molar-refractivity contribution in [3.63, 3.8) is 0 Å². The minimum atomic E-state index is 0.218. The number of rotatable bonds is 4. The topological polar surface area (TPSA) is 0 Å². The average molecular weight is 212 g/mol. The van der Waals surface area contributed by atoms with E-state index in [1.54, 1.807) is 0 Å². The Morgan fingerprint density at radius 2 is 1.79 bits per heavy atom. The predicted molar refractivity (Wildman–Crippen MR) is 68.9 cm³/mol. The quantitative estimate of drug-likeness (QED) is 0.617. The van der Waals surface area contributed by atoms with E-state index in [9.17, 15) is 0 Å². The smallest absolute Gasteiger partial charge is 0.0404 e. The summed E-state index contributed by atoms with van der Waals surface area (Å²) < 4.78 is 0.218. The van der Waals surface area contributed by atoms with Crippen LogP contribution in [-0.2, 0) is 0 Å². The highest BCUT2D eigenvalue weighted by Crippen LogP contribution is 2.32. The zero-order valence-electron chi connectivity index (χ0n) is 10.6. The molecule has 0 aromatic carbocycles. The monoisotopic (exact) mass is 212 g/mol. The van der Waals surface area contributed by atoms with Gasteiger partial charge in [0.05, 0.1) is 0 Å². The highest BCUT2D eigenvalue weighted by atomic mass is 32.2. The molecule has 0 aromatic rings. The number of thioether (sulfide) groups is 1. The van der Waals surface area contributed by atoms with E-state index >= 15 is 0 Å². The maximum atomic E-state index is 3.43. The molecule has 0 aliphatic carbocycles. The van der Waals surface area contributed by atoms with Crippen LogP contribution in [0.25, 0.3) is 0 Å². The second kappa shape index (κ2) is 5.68. The lowest BCUT2D eigenvalue weighted by molar-refractivity contribution is 0.549. The molecule has 0 N–H and O–H groups in total. The van der Waals surface area contributed by atoms with Gasteiger partial charge in [-0.3, -0.25) is 0 Å². The molecular weight excluding hydrogens is 188 g/mol. The molecule has 0 nitrogen and oxygen atoms in total. The van der Waals surface area contributed by atoms with E-state index in [2.05, 4.69) is 59.6 Å². The third-order valence-corrected chi connectivity index (χ3v) is 4.51. The molecule has 14 heavy (non-hydrogen) atoms. The van der Waals surface area contributed by atoms with Crippen LogP contribution in [0.3, 0.4) is 0 Å². The molecule has 1 heteroatoms. The Kier molecular flexibility index (Phi) is 5.63. The van der Waals surface area contributed by atoms with Crippen LogP contribution in [-0.4, -0.2) is 11.0 Å². The second-order valence-corrected chi connectivity index (χ2v) is 5.96. The Bertz CT molecular complexity index is 232. The molecule has 82 valence electrons. The van der Waals surface area contributed by atoms with Crippen LogP contribution in [0.2, 0.25) is 0 Å². The van der Waals surface area contributed by atoms with Gasteiger partial charge in [0.1, 0.15) is 0 Å². The Morgan fingerprint density at radius 3 is 2.07 bits per heavy atom. The van der Waals surface area contributed by atoms with Crippen molar-refractivity contribution >= 4 is 11.8 Å². The van der Waals surface area contributed by atoms with Crippen molar-refractivity contribution in [3.8, 4) is 0 Å². The Morgan fingerprint density at radius 1 is 1.29 bits per heavy atom. The summed E-state index contributed by atoms with van der Waals surface area (Å²) in [5.41, 5.74) is 4.76. The fourth-order valence-corrected chi connectivity index (χ4v) is 1.53. The Hall–Kier alpha value is -0.130. The van der Waals surface area contributed by atoms with E-state index in [0.29, 0.717) is 11.8 Å². The third kappa shape index (κ3) is 3.94. The second-order valence-electron chi connectivity index (χ2n) is 4.67. The van der Waals surface area contributed by atoms with Crippen LogP contribution >= 0.6 is 11.8 Å². The summed E-state index contributed by atoms with van der Waals surface area (Å²) in [4.78, 5) is 0. The van der Waals surface area contributed by atoms with Crippen molar-refractivity contribution in [2.45, 2.75) is 46.3 Å². The van der Waals surface area contributed by atoms with Crippen LogP contribution in [0.5, 0.6) is 0 Å². The molecule has 0 fully saturated rings. The van der Waals surface area contributed by atoms with E-state index in [1.165, 1.54) is 5.57 Å². The van der Waals surface area contributed by atoms with Crippen LogP contribution in [0.15, 0.2) is 17.4 Å². The van der Waals surface area contributed by atoms with E-state index in [1.807, 2.05) is 11.8 Å². The summed E-state index contributed by atoms with van der Waals surface area (Å²) in [6.45, 7) is 13.4. The summed E-state index contributed by atoms with van der Waals surface area (Å²) in [6.07, 6.45) is 4.40. The van der Waals surface area contributed by atoms with Crippen LogP contribution in [0, 0.1) is 11.8 Å². The van der Waals surface area contributed by atoms with Crippen molar-refractivity contribution in [3.05, 3.63) is 17.4 Å². The molecule has 0 radical (unpaired) electrons. The molecule has 0 aliphatic rings. The number of hydrogen-bond donors (Lipinski definition) is 0. The van der Waals surface area contributed by atoms with Crippen molar-refractivity contribution in [1.29, 1.82) is 0 Å². The van der Waals surface area contributed by atoms with Crippen molar-refractivity contribution in [2.75, 3.05) is 6.26 Å². The van der Waals surface area contributed by atoms with Gasteiger partial charge in [0.25, 0.3) is 0 Å². The van der Waals surface area contributed by atoms with E-state index in [0.717, 1.165) is 0 Å². The van der Waals surface area contributed by atoms with Gasteiger partial charge >= 0.3 is 0 Å². The molecule has 0 saturated heterocycles. The van der Waals surface area contributed by atoms with Crippen molar-refractivity contribution < 1.29 is 0 Å². The molecule has 0 saturated carbocycles. The third-order valence-electron chi connectivity index (χ3n) is 3.04. The number of hydrogen-bond acceptors (Lipinski definition) is 1. The standard InChI is InChI=1S/C13H24S/c1-10(2)12(5)8-9-13(6,14-7)11(3)4/h9-11H,1-7H3. The summed E-state index contributed by atoms with van der Waals surface area (Å²) >= 11 is 1.90. The highest BCUT2D eigenvalue weighted by Gasteiger charge is 2.23. The zero-order chi connectivity index (χ0) is 11.4. The first kappa shape index (κ1) is 13.9. The zero-order valence-corrected chi connectivity index (χ0v) is 11.5. The fourth-order valence-electron chi connectivity index (χ4n) is 0.885. The van der Waals surface area contributed by atoms with Gasteiger partial charge in [-0.15, -0.1) is 5.73 Å². The minimum Gasteiger partial charge on any atom is -0.154 e. The summed E-state index contributed by atoms with van der Waals surface area (Å²) in [5.74, 6) is 1.24. The first-order valence-corrected chi connectivity index (χ1v) is 6.55. The van der Waals surface area contributed by atoms with Gasteiger partial charge in [-0.25, -0.2) is 0 Å². The molecular formula is C13H24S. The SMILES string of the molecule is CSC(C)(C=C=C(C)C(C)C)C(C)C. The molecule has 0 aromatic heterocycles. The summed E-state index contributed by atoms with van der Waals surface area (Å²) in [6, 6.07) is 0. The van der Waals surface area contributed by atoms with Crippen LogP contribution in [0.1, 0.15) is 41.5 Å². The maximum Gasteiger partial charge on any atom is 0.0404 e. The molecule has 0 heterocycles. The van der Waals surface area contributed by atoms with Crippen molar-refractivity contribution in [1.82, 2.24) is 0 Å². The first-order chi connectivity index (χ1) is 6.33. The van der Waals surface area contributed by atoms with E-state index in [4.69, 9.17) is 0 Å². The molecule has 1 unspecified atom stereocenters. The molecule has 0 amide bonds. The van der Waals surface area contributed by atoms with Gasteiger partial charge in [-0.1, -0.05) is 27.7 Å². The minimum absolute atomic E-state index is 0.218. The van der Waals surface area contributed by atoms with Gasteiger partial charge in [-0.05, 0) is 43.6 Å². The normalized spacial score (nSPS) is 15.2. The largest absolute Gasteiger partial charge is 0.154 e. The van der Waals surface area contributed by atoms with Gasteiger partial charge in [0.2, 0.25) is 0 Å². The highest BCUT2D eigenvalue weighted by molar-refractivity contribution is 8.00. The molecule has 0 spiro atoms. The van der Waals surface area contributed by atoms with Gasteiger partial charge in [-0.2, -0.15) is 11.8 Å². The van der Waals surface area contributed by atoms with Crippen LogP contribution < -0.4 is 0 Å². The molecule has 0 aliphatic heterocycles. The Labute approximate surface area is 93.9 Å². The van der Waals surface area contributed by atoms with Gasteiger partial charge < -0.3 is 0 Å². The predicted octanol–water partition coefficient (Wildman–Crippen LogP) is 4.52. The van der Waals surface area contributed by atoms with Crippen LogP contribution in [0.4, 0.5) is 0 Å². The molecule has 0 rings (SSSR count). The fraction of sp³-hybridized carbons (Fsp3) is 0.769. The average Bonchev–Trinajstić information content (AvgIpc) is 2.12. The lowest BCUT2D eigenvalue weighted by atomic mass is 9.96. The molecule has 1 atom stereocenters. The molecule has 0 bridgehead atoms. The first-order valence-electron chi connectivity index (χ1n) is 5.33. The van der Waals surface area contributed by atoms with E-state index < -0.39 is 0 Å². The lowest BCUT2D eigenvalue weighted by Gasteiger charge is -2.27. The van der Waals surface area contributed by atoms with Crippen molar-refractivity contribution in [2.24, 2.45) is 11.8 Å².